The second kappa shape index (κ2) is 7.50. The Bertz CT molecular complexity index is 854. The second-order valence-electron chi connectivity index (χ2n) is 8.78. The Balaban J connectivity index is 1.36. The van der Waals surface area contributed by atoms with Crippen LogP contribution in [-0.2, 0) is 14.4 Å². The number of likely N-dealkylation sites (tertiary alicyclic amines) is 1. The van der Waals surface area contributed by atoms with Gasteiger partial charge in [0.15, 0.2) is 17.4 Å². The van der Waals surface area contributed by atoms with E-state index < -0.39 is 17.2 Å². The Morgan fingerprint density at radius 3 is 2.55 bits per heavy atom. The number of nitrogens with zero attached hydrogens (tertiary/aromatic N) is 1. The highest BCUT2D eigenvalue weighted by molar-refractivity contribution is 6.10. The molecule has 2 amide bonds. The van der Waals surface area contributed by atoms with E-state index in [1.54, 1.807) is 11.0 Å². The van der Waals surface area contributed by atoms with Crippen LogP contribution < -0.4 is 5.32 Å². The first-order valence-electron chi connectivity index (χ1n) is 10.4. The summed E-state index contributed by atoms with van der Waals surface area (Å²) in [6.07, 6.45) is 3.01. The van der Waals surface area contributed by atoms with Crippen LogP contribution in [-0.4, -0.2) is 41.1 Å². The number of hydrogen-bond donors (Lipinski definition) is 1. The van der Waals surface area contributed by atoms with Crippen molar-refractivity contribution in [3.8, 4) is 0 Å². The molecule has 0 bridgehead atoms. The second-order valence-corrected chi connectivity index (χ2v) is 8.78. The lowest BCUT2D eigenvalue weighted by Gasteiger charge is -2.38. The highest BCUT2D eigenvalue weighted by atomic mass is 19.2. The van der Waals surface area contributed by atoms with Crippen molar-refractivity contribution < 1.29 is 23.2 Å². The minimum atomic E-state index is -0.854. The minimum Gasteiger partial charge on any atom is -0.343 e. The van der Waals surface area contributed by atoms with Crippen LogP contribution in [0.4, 0.5) is 8.78 Å². The van der Waals surface area contributed by atoms with Crippen molar-refractivity contribution in [2.75, 3.05) is 13.1 Å². The molecule has 156 valence electrons. The number of piperidine rings is 1. The van der Waals surface area contributed by atoms with E-state index in [1.165, 1.54) is 6.07 Å². The summed E-state index contributed by atoms with van der Waals surface area (Å²) in [5, 5.41) is 2.86. The normalized spacial score (nSPS) is 29.8. The van der Waals surface area contributed by atoms with Crippen LogP contribution in [0.25, 0.3) is 0 Å². The molecule has 2 aliphatic heterocycles. The van der Waals surface area contributed by atoms with Crippen molar-refractivity contribution in [1.82, 2.24) is 10.2 Å². The predicted octanol–water partition coefficient (Wildman–Crippen LogP) is 2.93. The van der Waals surface area contributed by atoms with E-state index >= 15 is 0 Å². The fourth-order valence-electron chi connectivity index (χ4n) is 5.05. The number of Topliss-reactive ketones (excluding diaryl/α,β-unsaturated/α-hetero) is 1. The molecule has 3 atom stereocenters. The number of carbonyl (C=O) groups excluding carboxylic acids is 3. The van der Waals surface area contributed by atoms with Crippen LogP contribution in [0.1, 0.15) is 56.9 Å². The molecule has 1 aromatic rings. The van der Waals surface area contributed by atoms with E-state index in [4.69, 9.17) is 0 Å². The van der Waals surface area contributed by atoms with Gasteiger partial charge in [0, 0.05) is 19.5 Å². The molecule has 4 rings (SSSR count). The summed E-state index contributed by atoms with van der Waals surface area (Å²) in [7, 11) is 0. The summed E-state index contributed by atoms with van der Waals surface area (Å²) < 4.78 is 26.8. The van der Waals surface area contributed by atoms with E-state index in [-0.39, 0.29) is 48.2 Å². The van der Waals surface area contributed by atoms with Crippen LogP contribution >= 0.6 is 0 Å². The third-order valence-corrected chi connectivity index (χ3v) is 6.82. The highest BCUT2D eigenvalue weighted by Crippen LogP contribution is 2.45. The first kappa shape index (κ1) is 20.0. The molecule has 1 N–H and O–H groups in total. The van der Waals surface area contributed by atoms with Gasteiger partial charge in [-0.05, 0) is 61.1 Å². The van der Waals surface area contributed by atoms with Gasteiger partial charge >= 0.3 is 0 Å². The molecule has 0 aromatic heterocycles. The molecular weight excluding hydrogens is 378 g/mol. The van der Waals surface area contributed by atoms with Gasteiger partial charge in [0.05, 0.1) is 6.42 Å². The number of hydrogen-bond acceptors (Lipinski definition) is 3. The molecule has 3 aliphatic rings. The van der Waals surface area contributed by atoms with E-state index in [1.807, 2.05) is 6.92 Å². The number of carbonyl (C=O) groups is 3. The summed E-state index contributed by atoms with van der Waals surface area (Å²) in [4.78, 5) is 38.7. The fraction of sp³-hybridized carbons (Fsp3) is 0.591. The smallest absolute Gasteiger partial charge is 0.228 e. The van der Waals surface area contributed by atoms with Crippen LogP contribution in [0.3, 0.4) is 0 Å². The van der Waals surface area contributed by atoms with E-state index in [0.29, 0.717) is 25.9 Å². The number of benzene rings is 1. The number of rotatable bonds is 5. The molecule has 1 aromatic carbocycles. The molecule has 29 heavy (non-hydrogen) atoms. The van der Waals surface area contributed by atoms with Crippen LogP contribution in [0.15, 0.2) is 18.2 Å². The first-order valence-corrected chi connectivity index (χ1v) is 10.4. The average Bonchev–Trinajstić information content (AvgIpc) is 3.48. The molecule has 1 saturated carbocycles. The summed E-state index contributed by atoms with van der Waals surface area (Å²) in [5.41, 5.74) is -0.0852. The number of ketones is 1. The Morgan fingerprint density at radius 2 is 1.97 bits per heavy atom. The number of amides is 2. The van der Waals surface area contributed by atoms with Crippen molar-refractivity contribution in [1.29, 1.82) is 0 Å². The lowest BCUT2D eigenvalue weighted by molar-refractivity contribution is -0.134. The standard InChI is InChI=1S/C22H26F2N2O3/c1-13-12-26(9-7-16(13)14-2-5-17(23)18(24)10-14)21(29)6-8-22(15-3-4-15)19(27)11-20(28)25-22/h2,5,10,13,15-16H,3-4,6-9,11-12H2,1H3,(H,25,28)/t13-,16+,22?/m0/s1. The third-order valence-electron chi connectivity index (χ3n) is 6.82. The lowest BCUT2D eigenvalue weighted by atomic mass is 9.81. The first-order chi connectivity index (χ1) is 13.8. The van der Waals surface area contributed by atoms with E-state index in [0.717, 1.165) is 24.5 Å². The summed E-state index contributed by atoms with van der Waals surface area (Å²) in [5.74, 6) is -1.69. The zero-order chi connectivity index (χ0) is 20.8. The Hall–Kier alpha value is -2.31. The molecule has 7 heteroatoms. The van der Waals surface area contributed by atoms with Gasteiger partial charge < -0.3 is 10.2 Å². The maximum atomic E-state index is 13.6. The topological polar surface area (TPSA) is 66.5 Å². The quantitative estimate of drug-likeness (QED) is 0.768. The fourth-order valence-corrected chi connectivity index (χ4v) is 5.05. The Labute approximate surface area is 168 Å². The van der Waals surface area contributed by atoms with Gasteiger partial charge in [0.1, 0.15) is 5.54 Å². The van der Waals surface area contributed by atoms with E-state index in [2.05, 4.69) is 5.32 Å². The molecule has 0 radical (unpaired) electrons. The van der Waals surface area contributed by atoms with Gasteiger partial charge in [-0.25, -0.2) is 8.78 Å². The van der Waals surface area contributed by atoms with Crippen molar-refractivity contribution in [3.05, 3.63) is 35.4 Å². The highest BCUT2D eigenvalue weighted by Gasteiger charge is 2.55. The van der Waals surface area contributed by atoms with Crippen molar-refractivity contribution in [3.63, 3.8) is 0 Å². The molecule has 3 fully saturated rings. The largest absolute Gasteiger partial charge is 0.343 e. The summed E-state index contributed by atoms with van der Waals surface area (Å²) >= 11 is 0. The van der Waals surface area contributed by atoms with Gasteiger partial charge in [0.25, 0.3) is 0 Å². The summed E-state index contributed by atoms with van der Waals surface area (Å²) in [6, 6.07) is 4.02. The van der Waals surface area contributed by atoms with Crippen molar-refractivity contribution >= 4 is 17.6 Å². The van der Waals surface area contributed by atoms with Gasteiger partial charge in [0.2, 0.25) is 11.8 Å². The van der Waals surface area contributed by atoms with Crippen molar-refractivity contribution in [2.24, 2.45) is 11.8 Å². The average molecular weight is 404 g/mol. The van der Waals surface area contributed by atoms with Gasteiger partial charge in [-0.3, -0.25) is 14.4 Å². The maximum Gasteiger partial charge on any atom is 0.228 e. The molecule has 5 nitrogen and oxygen atoms in total. The van der Waals surface area contributed by atoms with Gasteiger partial charge in [-0.1, -0.05) is 13.0 Å². The number of nitrogens with one attached hydrogen (secondary N) is 1. The molecule has 1 unspecified atom stereocenters. The van der Waals surface area contributed by atoms with Crippen LogP contribution in [0, 0.1) is 23.5 Å². The third kappa shape index (κ3) is 3.79. The Kier molecular flexibility index (Phi) is 5.17. The van der Waals surface area contributed by atoms with Gasteiger partial charge in [-0.2, -0.15) is 0 Å². The molecule has 0 spiro atoms. The Morgan fingerprint density at radius 1 is 1.21 bits per heavy atom. The number of halogens is 2. The van der Waals surface area contributed by atoms with E-state index in [9.17, 15) is 23.2 Å². The van der Waals surface area contributed by atoms with Gasteiger partial charge in [-0.15, -0.1) is 0 Å². The zero-order valence-electron chi connectivity index (χ0n) is 16.5. The lowest BCUT2D eigenvalue weighted by Crippen LogP contribution is -2.50. The van der Waals surface area contributed by atoms with Crippen molar-refractivity contribution in [2.45, 2.75) is 56.9 Å². The van der Waals surface area contributed by atoms with Crippen LogP contribution in [0.5, 0.6) is 0 Å². The predicted molar refractivity (Wildman–Crippen MR) is 102 cm³/mol. The molecule has 1 aliphatic carbocycles. The minimum absolute atomic E-state index is 0.0189. The SMILES string of the molecule is C[C@H]1CN(C(=O)CCC2(C3CC3)NC(=O)CC2=O)CC[C@H]1c1ccc(F)c(F)c1. The molecule has 2 saturated heterocycles. The zero-order valence-corrected chi connectivity index (χ0v) is 16.5. The summed E-state index contributed by atoms with van der Waals surface area (Å²) in [6.45, 7) is 3.10. The molecular formula is C22H26F2N2O3. The monoisotopic (exact) mass is 404 g/mol. The molecule has 2 heterocycles. The maximum absolute atomic E-state index is 13.6. The van der Waals surface area contributed by atoms with Crippen LogP contribution in [0.2, 0.25) is 0 Å².